The molecule has 27 heavy (non-hydrogen) atoms. The van der Waals surface area contributed by atoms with Crippen LogP contribution in [0, 0.1) is 0 Å². The van der Waals surface area contributed by atoms with Crippen LogP contribution in [-0.2, 0) is 16.5 Å². The van der Waals surface area contributed by atoms with E-state index in [2.05, 4.69) is 6.92 Å². The minimum absolute atomic E-state index is 0.120. The fraction of sp³-hybridized carbons (Fsp3) is 0.727. The van der Waals surface area contributed by atoms with Crippen LogP contribution in [0.1, 0.15) is 102 Å². The molecule has 5 heteroatoms. The number of rotatable bonds is 16. The SMILES string of the molecule is CCCCCCCCCCCCCCCCc1cc(O)cc(S(=O)(=O)O)c1. The number of hydrogen-bond acceptors (Lipinski definition) is 3. The molecule has 0 spiro atoms. The third-order valence-electron chi connectivity index (χ3n) is 5.07. The Morgan fingerprint density at radius 2 is 1.15 bits per heavy atom. The van der Waals surface area contributed by atoms with Crippen molar-refractivity contribution in [1.82, 2.24) is 0 Å². The zero-order valence-corrected chi connectivity index (χ0v) is 17.8. The highest BCUT2D eigenvalue weighted by atomic mass is 32.2. The Morgan fingerprint density at radius 1 is 0.704 bits per heavy atom. The molecule has 0 fully saturated rings. The minimum Gasteiger partial charge on any atom is -0.508 e. The summed E-state index contributed by atoms with van der Waals surface area (Å²) in [5.41, 5.74) is 0.751. The predicted octanol–water partition coefficient (Wildman–Crippen LogP) is 6.66. The second-order valence-corrected chi connectivity index (χ2v) is 9.08. The molecule has 0 saturated heterocycles. The molecule has 0 unspecified atom stereocenters. The largest absolute Gasteiger partial charge is 0.508 e. The monoisotopic (exact) mass is 398 g/mol. The topological polar surface area (TPSA) is 74.6 Å². The third-order valence-corrected chi connectivity index (χ3v) is 5.90. The molecule has 0 radical (unpaired) electrons. The first-order valence-corrected chi connectivity index (χ1v) is 12.2. The van der Waals surface area contributed by atoms with E-state index in [4.69, 9.17) is 4.55 Å². The van der Waals surface area contributed by atoms with Gasteiger partial charge in [0, 0.05) is 6.07 Å². The van der Waals surface area contributed by atoms with Gasteiger partial charge >= 0.3 is 0 Å². The van der Waals surface area contributed by atoms with Gasteiger partial charge in [0.2, 0.25) is 0 Å². The van der Waals surface area contributed by atoms with Crippen LogP contribution in [0.25, 0.3) is 0 Å². The number of aryl methyl sites for hydroxylation is 1. The van der Waals surface area contributed by atoms with Crippen LogP contribution in [0.4, 0.5) is 0 Å². The lowest BCUT2D eigenvalue weighted by molar-refractivity contribution is 0.465. The zero-order chi connectivity index (χ0) is 20.0. The van der Waals surface area contributed by atoms with Gasteiger partial charge in [-0.15, -0.1) is 0 Å². The molecule has 0 aliphatic carbocycles. The van der Waals surface area contributed by atoms with Crippen LogP contribution >= 0.6 is 0 Å². The minimum atomic E-state index is -4.27. The first-order valence-electron chi connectivity index (χ1n) is 10.7. The number of aromatic hydroxyl groups is 1. The maximum Gasteiger partial charge on any atom is 0.294 e. The average Bonchev–Trinajstić information content (AvgIpc) is 2.61. The maximum atomic E-state index is 11.2. The smallest absolute Gasteiger partial charge is 0.294 e. The molecule has 0 amide bonds. The fourth-order valence-corrected chi connectivity index (χ4v) is 4.03. The van der Waals surface area contributed by atoms with E-state index in [1.807, 2.05) is 0 Å². The van der Waals surface area contributed by atoms with Gasteiger partial charge in [-0.1, -0.05) is 90.4 Å². The summed E-state index contributed by atoms with van der Waals surface area (Å²) < 4.78 is 31.5. The summed E-state index contributed by atoms with van der Waals surface area (Å²) >= 11 is 0. The summed E-state index contributed by atoms with van der Waals surface area (Å²) in [6.45, 7) is 2.26. The van der Waals surface area contributed by atoms with Gasteiger partial charge in [-0.2, -0.15) is 8.42 Å². The van der Waals surface area contributed by atoms with Crippen molar-refractivity contribution in [3.8, 4) is 5.75 Å². The second kappa shape index (κ2) is 14.0. The fourth-order valence-electron chi connectivity index (χ4n) is 3.46. The van der Waals surface area contributed by atoms with E-state index >= 15 is 0 Å². The van der Waals surface area contributed by atoms with Crippen molar-refractivity contribution < 1.29 is 18.1 Å². The lowest BCUT2D eigenvalue weighted by atomic mass is 10.0. The van der Waals surface area contributed by atoms with Crippen LogP contribution in [0.3, 0.4) is 0 Å². The zero-order valence-electron chi connectivity index (χ0n) is 17.0. The standard InChI is InChI=1S/C22H38O4S/c1-2-3-4-5-6-7-8-9-10-11-12-13-14-15-16-20-17-21(23)19-22(18-20)27(24,25)26/h17-19,23H,2-16H2,1H3,(H,24,25,26). The van der Waals surface area contributed by atoms with Gasteiger partial charge in [0.25, 0.3) is 10.1 Å². The highest BCUT2D eigenvalue weighted by molar-refractivity contribution is 7.85. The molecule has 0 saturated carbocycles. The van der Waals surface area contributed by atoms with Gasteiger partial charge in [0.15, 0.2) is 0 Å². The second-order valence-electron chi connectivity index (χ2n) is 7.66. The van der Waals surface area contributed by atoms with E-state index in [0.717, 1.165) is 30.9 Å². The van der Waals surface area contributed by atoms with E-state index in [1.54, 1.807) is 6.07 Å². The van der Waals surface area contributed by atoms with Crippen molar-refractivity contribution in [3.63, 3.8) is 0 Å². The molecule has 0 bridgehead atoms. The molecule has 0 aliphatic rings. The molecule has 0 aromatic heterocycles. The molecule has 156 valence electrons. The molecular formula is C22H38O4S. The molecule has 1 aromatic rings. The van der Waals surface area contributed by atoms with Gasteiger partial charge in [0.05, 0.1) is 4.90 Å². The summed E-state index contributed by atoms with van der Waals surface area (Å²) in [5, 5.41) is 9.60. The van der Waals surface area contributed by atoms with E-state index in [1.165, 1.54) is 83.1 Å². The highest BCUT2D eigenvalue weighted by Gasteiger charge is 2.11. The van der Waals surface area contributed by atoms with E-state index < -0.39 is 10.1 Å². The molecular weight excluding hydrogens is 360 g/mol. The van der Waals surface area contributed by atoms with E-state index in [0.29, 0.717) is 0 Å². The molecule has 1 aromatic carbocycles. The van der Waals surface area contributed by atoms with Gasteiger partial charge in [-0.3, -0.25) is 4.55 Å². The van der Waals surface area contributed by atoms with Crippen molar-refractivity contribution in [2.24, 2.45) is 0 Å². The Labute approximate surface area is 166 Å². The number of benzene rings is 1. The summed E-state index contributed by atoms with van der Waals surface area (Å²) in [6.07, 6.45) is 18.9. The summed E-state index contributed by atoms with van der Waals surface area (Å²) in [4.78, 5) is -0.233. The van der Waals surface area contributed by atoms with Crippen LogP contribution in [-0.4, -0.2) is 18.1 Å². The van der Waals surface area contributed by atoms with Gasteiger partial charge in [0.1, 0.15) is 5.75 Å². The van der Waals surface area contributed by atoms with Crippen molar-refractivity contribution in [2.45, 2.75) is 108 Å². The van der Waals surface area contributed by atoms with Crippen LogP contribution < -0.4 is 0 Å². The molecule has 0 aliphatic heterocycles. The first kappa shape index (κ1) is 24.0. The number of unbranched alkanes of at least 4 members (excludes halogenated alkanes) is 13. The Morgan fingerprint density at radius 3 is 1.59 bits per heavy atom. The molecule has 4 nitrogen and oxygen atoms in total. The lowest BCUT2D eigenvalue weighted by Gasteiger charge is -2.06. The maximum absolute atomic E-state index is 11.2. The normalized spacial score (nSPS) is 11.8. The van der Waals surface area contributed by atoms with Gasteiger partial charge in [-0.25, -0.2) is 0 Å². The average molecular weight is 399 g/mol. The quantitative estimate of drug-likeness (QED) is 0.241. The summed E-state index contributed by atoms with van der Waals surface area (Å²) in [6, 6.07) is 4.08. The van der Waals surface area contributed by atoms with Crippen molar-refractivity contribution in [3.05, 3.63) is 23.8 Å². The van der Waals surface area contributed by atoms with Crippen molar-refractivity contribution in [2.75, 3.05) is 0 Å². The van der Waals surface area contributed by atoms with E-state index in [-0.39, 0.29) is 10.6 Å². The Hall–Kier alpha value is -1.07. The third kappa shape index (κ3) is 12.1. The Bertz CT molecular complexity index is 611. The van der Waals surface area contributed by atoms with Gasteiger partial charge < -0.3 is 5.11 Å². The van der Waals surface area contributed by atoms with Crippen molar-refractivity contribution in [1.29, 1.82) is 0 Å². The number of phenols is 1. The lowest BCUT2D eigenvalue weighted by Crippen LogP contribution is -1.99. The molecule has 1 rings (SSSR count). The summed E-state index contributed by atoms with van der Waals surface area (Å²) in [7, 11) is -4.27. The first-order chi connectivity index (χ1) is 12.9. The highest BCUT2D eigenvalue weighted by Crippen LogP contribution is 2.21. The van der Waals surface area contributed by atoms with Crippen LogP contribution in [0.2, 0.25) is 0 Å². The van der Waals surface area contributed by atoms with E-state index in [9.17, 15) is 13.5 Å². The predicted molar refractivity (Wildman–Crippen MR) is 112 cm³/mol. The Kier molecular flexibility index (Phi) is 12.4. The molecule has 0 atom stereocenters. The Balaban J connectivity index is 2.01. The van der Waals surface area contributed by atoms with Crippen molar-refractivity contribution >= 4 is 10.1 Å². The molecule has 2 N–H and O–H groups in total. The van der Waals surface area contributed by atoms with Crippen LogP contribution in [0.5, 0.6) is 5.75 Å². The number of hydrogen-bond donors (Lipinski definition) is 2. The number of phenolic OH excluding ortho intramolecular Hbond substituents is 1. The molecule has 0 heterocycles. The van der Waals surface area contributed by atoms with Crippen LogP contribution in [0.15, 0.2) is 23.1 Å². The summed E-state index contributed by atoms with van der Waals surface area (Å²) in [5.74, 6) is -0.120. The van der Waals surface area contributed by atoms with Gasteiger partial charge in [-0.05, 0) is 30.5 Å².